The number of ether oxygens (including phenoxy) is 1. The number of benzene rings is 1. The number of thiophene rings is 1. The van der Waals surface area contributed by atoms with Crippen molar-refractivity contribution in [3.8, 4) is 0 Å². The zero-order chi connectivity index (χ0) is 13.1. The van der Waals surface area contributed by atoms with Crippen LogP contribution in [0.25, 0.3) is 0 Å². The molecule has 0 radical (unpaired) electrons. The van der Waals surface area contributed by atoms with E-state index in [1.165, 1.54) is 18.4 Å². The zero-order valence-corrected chi connectivity index (χ0v) is 11.0. The molecular weight excluding hydrogens is 272 g/mol. The Morgan fingerprint density at radius 1 is 1.11 bits per heavy atom. The van der Waals surface area contributed by atoms with Gasteiger partial charge in [0, 0.05) is 5.56 Å². The van der Waals surface area contributed by atoms with Gasteiger partial charge >= 0.3 is 5.97 Å². The Balaban J connectivity index is 2.45. The third kappa shape index (κ3) is 2.44. The van der Waals surface area contributed by atoms with Crippen LogP contribution in [0.15, 0.2) is 36.4 Å². The first kappa shape index (κ1) is 12.8. The van der Waals surface area contributed by atoms with Gasteiger partial charge in [0.05, 0.1) is 21.9 Å². The van der Waals surface area contributed by atoms with Crippen molar-refractivity contribution in [1.82, 2.24) is 0 Å². The van der Waals surface area contributed by atoms with E-state index in [1.807, 2.05) is 0 Å². The fourth-order valence-electron chi connectivity index (χ4n) is 1.54. The van der Waals surface area contributed by atoms with Crippen LogP contribution in [-0.2, 0) is 4.74 Å². The Morgan fingerprint density at radius 2 is 1.78 bits per heavy atom. The highest BCUT2D eigenvalue weighted by molar-refractivity contribution is 7.18. The fourth-order valence-corrected chi connectivity index (χ4v) is 2.54. The zero-order valence-electron chi connectivity index (χ0n) is 9.48. The maximum atomic E-state index is 12.2. The molecule has 0 saturated carbocycles. The summed E-state index contributed by atoms with van der Waals surface area (Å²) in [4.78, 5) is 24.3. The molecule has 1 aromatic carbocycles. The molecule has 0 bridgehead atoms. The number of esters is 1. The quantitative estimate of drug-likeness (QED) is 0.639. The van der Waals surface area contributed by atoms with Crippen LogP contribution in [0.5, 0.6) is 0 Å². The third-order valence-corrected chi connectivity index (χ3v) is 3.60. The van der Waals surface area contributed by atoms with Crippen molar-refractivity contribution in [1.29, 1.82) is 0 Å². The van der Waals surface area contributed by atoms with Crippen LogP contribution in [0, 0.1) is 0 Å². The summed E-state index contributed by atoms with van der Waals surface area (Å²) in [5.74, 6) is -0.755. The fraction of sp³-hybridized carbons (Fsp3) is 0.0769. The molecule has 0 fully saturated rings. The largest absolute Gasteiger partial charge is 0.465 e. The second-order valence-corrected chi connectivity index (χ2v) is 5.19. The third-order valence-electron chi connectivity index (χ3n) is 2.37. The maximum Gasteiger partial charge on any atom is 0.338 e. The Hall–Kier alpha value is -1.65. The number of ketones is 1. The molecular formula is C13H9ClO3S. The smallest absolute Gasteiger partial charge is 0.338 e. The van der Waals surface area contributed by atoms with Gasteiger partial charge in [-0.05, 0) is 18.2 Å². The predicted octanol–water partition coefficient (Wildman–Crippen LogP) is 3.42. The molecule has 5 heteroatoms. The summed E-state index contributed by atoms with van der Waals surface area (Å²) in [6, 6.07) is 9.85. The van der Waals surface area contributed by atoms with Crippen LogP contribution < -0.4 is 0 Å². The van der Waals surface area contributed by atoms with Gasteiger partial charge in [-0.1, -0.05) is 29.8 Å². The molecule has 0 N–H and O–H groups in total. The second-order valence-electron chi connectivity index (χ2n) is 3.47. The minimum atomic E-state index is -0.526. The molecule has 0 spiro atoms. The number of carbonyl (C=O) groups is 2. The van der Waals surface area contributed by atoms with E-state index in [4.69, 9.17) is 11.6 Å². The van der Waals surface area contributed by atoms with Crippen LogP contribution in [0.4, 0.5) is 0 Å². The van der Waals surface area contributed by atoms with Gasteiger partial charge in [0.15, 0.2) is 0 Å². The molecule has 1 aromatic heterocycles. The number of rotatable bonds is 3. The molecule has 0 unspecified atom stereocenters. The van der Waals surface area contributed by atoms with Crippen LogP contribution in [0.1, 0.15) is 25.6 Å². The van der Waals surface area contributed by atoms with Crippen molar-refractivity contribution in [2.24, 2.45) is 0 Å². The van der Waals surface area contributed by atoms with Crippen molar-refractivity contribution >= 4 is 34.7 Å². The van der Waals surface area contributed by atoms with Crippen molar-refractivity contribution in [3.63, 3.8) is 0 Å². The minimum absolute atomic E-state index is 0.229. The summed E-state index contributed by atoms with van der Waals surface area (Å²) in [6.45, 7) is 0. The van der Waals surface area contributed by atoms with E-state index in [-0.39, 0.29) is 11.3 Å². The lowest BCUT2D eigenvalue weighted by molar-refractivity contribution is 0.0597. The molecule has 0 atom stereocenters. The number of methoxy groups -OCH3 is 1. The van der Waals surface area contributed by atoms with Gasteiger partial charge < -0.3 is 4.74 Å². The van der Waals surface area contributed by atoms with Crippen LogP contribution >= 0.6 is 22.9 Å². The monoisotopic (exact) mass is 280 g/mol. The topological polar surface area (TPSA) is 43.4 Å². The van der Waals surface area contributed by atoms with Gasteiger partial charge in [0.1, 0.15) is 0 Å². The molecule has 2 rings (SSSR count). The average molecular weight is 281 g/mol. The highest BCUT2D eigenvalue weighted by atomic mass is 35.5. The van der Waals surface area contributed by atoms with E-state index in [0.29, 0.717) is 14.8 Å². The second kappa shape index (κ2) is 5.33. The standard InChI is InChI=1S/C13H9ClO3S/c1-17-13(16)9-5-3-2-4-8(9)12(15)10-6-7-11(14)18-10/h2-7H,1H3. The van der Waals surface area contributed by atoms with E-state index in [9.17, 15) is 9.59 Å². The van der Waals surface area contributed by atoms with Gasteiger partial charge in [-0.3, -0.25) is 4.79 Å². The Labute approximate surface area is 113 Å². The highest BCUT2D eigenvalue weighted by Crippen LogP contribution is 2.25. The van der Waals surface area contributed by atoms with Crippen molar-refractivity contribution < 1.29 is 14.3 Å². The maximum absolute atomic E-state index is 12.2. The molecule has 92 valence electrons. The number of carbonyl (C=O) groups excluding carboxylic acids is 2. The van der Waals surface area contributed by atoms with Gasteiger partial charge in [-0.15, -0.1) is 11.3 Å². The summed E-state index contributed by atoms with van der Waals surface area (Å²) >= 11 is 6.98. The number of halogens is 1. The van der Waals surface area contributed by atoms with E-state index >= 15 is 0 Å². The summed E-state index contributed by atoms with van der Waals surface area (Å²) in [5.41, 5.74) is 0.581. The van der Waals surface area contributed by atoms with Gasteiger partial charge in [-0.25, -0.2) is 4.79 Å². The summed E-state index contributed by atoms with van der Waals surface area (Å²) in [7, 11) is 1.28. The summed E-state index contributed by atoms with van der Waals surface area (Å²) < 4.78 is 5.19. The molecule has 0 amide bonds. The van der Waals surface area contributed by atoms with Gasteiger partial charge in [0.25, 0.3) is 0 Å². The molecule has 1 heterocycles. The SMILES string of the molecule is COC(=O)c1ccccc1C(=O)c1ccc(Cl)s1. The van der Waals surface area contributed by atoms with Crippen molar-refractivity contribution in [2.75, 3.05) is 7.11 Å². The normalized spacial score (nSPS) is 10.1. The molecule has 0 saturated heterocycles. The first-order chi connectivity index (χ1) is 8.63. The van der Waals surface area contributed by atoms with E-state index in [2.05, 4.69) is 4.74 Å². The Kier molecular flexibility index (Phi) is 3.79. The Bertz CT molecular complexity index is 604. The van der Waals surface area contributed by atoms with Crippen molar-refractivity contribution in [3.05, 3.63) is 56.7 Å². The number of hydrogen-bond acceptors (Lipinski definition) is 4. The highest BCUT2D eigenvalue weighted by Gasteiger charge is 2.19. The molecule has 2 aromatic rings. The molecule has 0 aliphatic rings. The van der Waals surface area contributed by atoms with Crippen LogP contribution in [0.3, 0.4) is 0 Å². The molecule has 0 aliphatic carbocycles. The molecule has 3 nitrogen and oxygen atoms in total. The Morgan fingerprint density at radius 3 is 2.33 bits per heavy atom. The minimum Gasteiger partial charge on any atom is -0.465 e. The average Bonchev–Trinajstić information content (AvgIpc) is 2.83. The van der Waals surface area contributed by atoms with Crippen molar-refractivity contribution in [2.45, 2.75) is 0 Å². The van der Waals surface area contributed by atoms with Gasteiger partial charge in [0.2, 0.25) is 5.78 Å². The lowest BCUT2D eigenvalue weighted by Gasteiger charge is -2.05. The first-order valence-electron chi connectivity index (χ1n) is 5.11. The first-order valence-corrected chi connectivity index (χ1v) is 6.30. The molecule has 0 aliphatic heterocycles. The lowest BCUT2D eigenvalue weighted by Crippen LogP contribution is -2.10. The summed E-state index contributed by atoms with van der Waals surface area (Å²) in [5, 5.41) is 0. The van der Waals surface area contributed by atoms with Crippen LogP contribution in [0.2, 0.25) is 4.34 Å². The van der Waals surface area contributed by atoms with Gasteiger partial charge in [-0.2, -0.15) is 0 Å². The summed E-state index contributed by atoms with van der Waals surface area (Å²) in [6.07, 6.45) is 0. The molecule has 18 heavy (non-hydrogen) atoms. The predicted molar refractivity (Wildman–Crippen MR) is 70.5 cm³/mol. The van der Waals surface area contributed by atoms with E-state index in [1.54, 1.807) is 36.4 Å². The van der Waals surface area contributed by atoms with E-state index < -0.39 is 5.97 Å². The van der Waals surface area contributed by atoms with E-state index in [0.717, 1.165) is 0 Å². The number of hydrogen-bond donors (Lipinski definition) is 0. The van der Waals surface area contributed by atoms with Crippen LogP contribution in [-0.4, -0.2) is 18.9 Å². The lowest BCUT2D eigenvalue weighted by atomic mass is 10.0.